The van der Waals surface area contributed by atoms with Gasteiger partial charge in [-0.1, -0.05) is 39.0 Å². The average Bonchev–Trinajstić information content (AvgIpc) is 2.36. The fourth-order valence-electron chi connectivity index (χ4n) is 2.04. The van der Waals surface area contributed by atoms with E-state index in [1.165, 1.54) is 38.5 Å². The second-order valence-electron chi connectivity index (χ2n) is 4.98. The first-order chi connectivity index (χ1) is 9.20. The molecule has 0 aliphatic carbocycles. The van der Waals surface area contributed by atoms with Crippen LogP contribution in [0.15, 0.2) is 0 Å². The normalized spacial score (nSPS) is 11.1. The van der Waals surface area contributed by atoms with E-state index in [4.69, 9.17) is 10.8 Å². The number of nitrogens with zero attached hydrogens (tertiary/aromatic N) is 1. The molecule has 0 saturated heterocycles. The van der Waals surface area contributed by atoms with Gasteiger partial charge in [-0.25, -0.2) is 0 Å². The molecule has 0 bridgehead atoms. The summed E-state index contributed by atoms with van der Waals surface area (Å²) in [4.78, 5) is 12.5. The molecule has 0 spiro atoms. The summed E-state index contributed by atoms with van der Waals surface area (Å²) in [6.45, 7) is 6.06. The number of carboxylic acid groups (broad SMARTS) is 1. The number of aliphatic carboxylic acids is 1. The van der Waals surface area contributed by atoms with Crippen LogP contribution in [0.5, 0.6) is 0 Å². The summed E-state index contributed by atoms with van der Waals surface area (Å²) in [5.41, 5.74) is 5.46. The topological polar surface area (TPSA) is 78.6 Å². The molecule has 19 heavy (non-hydrogen) atoms. The maximum atomic E-state index is 10.6. The van der Waals surface area contributed by atoms with Gasteiger partial charge < -0.3 is 16.2 Å². The molecular formula is C14H31N3O2. The molecule has 0 heterocycles. The first-order valence-corrected chi connectivity index (χ1v) is 7.55. The van der Waals surface area contributed by atoms with E-state index in [0.29, 0.717) is 13.1 Å². The number of nitrogens with two attached hydrogens (primary N) is 1. The highest BCUT2D eigenvalue weighted by Crippen LogP contribution is 2.03. The fraction of sp³-hybridized carbons (Fsp3) is 0.929. The zero-order chi connectivity index (χ0) is 14.3. The molecule has 0 radical (unpaired) electrons. The molecule has 0 aliphatic rings. The van der Waals surface area contributed by atoms with Crippen molar-refractivity contribution in [2.75, 3.05) is 39.3 Å². The van der Waals surface area contributed by atoms with Crippen molar-refractivity contribution in [2.45, 2.75) is 45.4 Å². The maximum absolute atomic E-state index is 10.6. The molecule has 0 saturated carbocycles. The predicted molar refractivity (Wildman–Crippen MR) is 79.4 cm³/mol. The van der Waals surface area contributed by atoms with E-state index in [2.05, 4.69) is 12.2 Å². The number of carboxylic acids is 1. The van der Waals surface area contributed by atoms with Crippen molar-refractivity contribution < 1.29 is 9.90 Å². The van der Waals surface area contributed by atoms with Gasteiger partial charge in [0.1, 0.15) is 0 Å². The van der Waals surface area contributed by atoms with Gasteiger partial charge in [0.2, 0.25) is 0 Å². The molecule has 114 valence electrons. The molecule has 5 nitrogen and oxygen atoms in total. The van der Waals surface area contributed by atoms with Crippen molar-refractivity contribution in [3.05, 3.63) is 0 Å². The number of hydrogen-bond acceptors (Lipinski definition) is 4. The lowest BCUT2D eigenvalue weighted by Crippen LogP contribution is -2.39. The minimum Gasteiger partial charge on any atom is -0.480 e. The van der Waals surface area contributed by atoms with Crippen molar-refractivity contribution in [2.24, 2.45) is 5.73 Å². The SMILES string of the molecule is CCCCCCCCNCCN(CCN)CC(=O)O. The molecular weight excluding hydrogens is 242 g/mol. The van der Waals surface area contributed by atoms with Gasteiger partial charge in [0.25, 0.3) is 0 Å². The summed E-state index contributed by atoms with van der Waals surface area (Å²) in [6, 6.07) is 0. The van der Waals surface area contributed by atoms with Crippen LogP contribution in [-0.4, -0.2) is 55.2 Å². The lowest BCUT2D eigenvalue weighted by Gasteiger charge is -2.19. The highest BCUT2D eigenvalue weighted by Gasteiger charge is 2.07. The summed E-state index contributed by atoms with van der Waals surface area (Å²) < 4.78 is 0. The first kappa shape index (κ1) is 18.4. The van der Waals surface area contributed by atoms with Gasteiger partial charge in [-0.15, -0.1) is 0 Å². The molecule has 4 N–H and O–H groups in total. The van der Waals surface area contributed by atoms with E-state index < -0.39 is 5.97 Å². The van der Waals surface area contributed by atoms with Gasteiger partial charge in [-0.05, 0) is 13.0 Å². The standard InChI is InChI=1S/C14H31N3O2/c1-2-3-4-5-6-7-9-16-10-12-17(11-8-15)13-14(18)19/h16H,2-13,15H2,1H3,(H,18,19). The van der Waals surface area contributed by atoms with Crippen LogP contribution in [0.1, 0.15) is 45.4 Å². The van der Waals surface area contributed by atoms with Crippen LogP contribution in [0.3, 0.4) is 0 Å². The molecule has 0 atom stereocenters. The lowest BCUT2D eigenvalue weighted by molar-refractivity contribution is -0.138. The Bertz CT molecular complexity index is 213. The maximum Gasteiger partial charge on any atom is 0.317 e. The molecule has 0 fully saturated rings. The van der Waals surface area contributed by atoms with Crippen LogP contribution in [-0.2, 0) is 4.79 Å². The molecule has 0 rings (SSSR count). The number of unbranched alkanes of at least 4 members (excludes halogenated alkanes) is 5. The van der Waals surface area contributed by atoms with Crippen LogP contribution >= 0.6 is 0 Å². The molecule has 5 heteroatoms. The van der Waals surface area contributed by atoms with E-state index in [1.807, 2.05) is 4.90 Å². The number of carbonyl (C=O) groups is 1. The Morgan fingerprint density at radius 2 is 1.79 bits per heavy atom. The minimum atomic E-state index is -0.788. The molecule has 0 aromatic rings. The second-order valence-corrected chi connectivity index (χ2v) is 4.98. The number of nitrogens with one attached hydrogen (secondary N) is 1. The van der Waals surface area contributed by atoms with Crippen LogP contribution in [0.25, 0.3) is 0 Å². The Labute approximate surface area is 117 Å². The van der Waals surface area contributed by atoms with E-state index in [9.17, 15) is 4.79 Å². The van der Waals surface area contributed by atoms with Gasteiger partial charge in [-0.2, -0.15) is 0 Å². The predicted octanol–water partition coefficient (Wildman–Crippen LogP) is 1.28. The zero-order valence-electron chi connectivity index (χ0n) is 12.4. The Hall–Kier alpha value is -0.650. The van der Waals surface area contributed by atoms with Crippen molar-refractivity contribution in [3.8, 4) is 0 Å². The van der Waals surface area contributed by atoms with Crippen LogP contribution in [0.4, 0.5) is 0 Å². The van der Waals surface area contributed by atoms with Crippen molar-refractivity contribution in [1.29, 1.82) is 0 Å². The Kier molecular flexibility index (Phi) is 13.3. The third kappa shape index (κ3) is 13.6. The Balaban J connectivity index is 3.36. The second kappa shape index (κ2) is 13.8. The van der Waals surface area contributed by atoms with Crippen molar-refractivity contribution >= 4 is 5.97 Å². The summed E-state index contributed by atoms with van der Waals surface area (Å²) in [5, 5.41) is 12.1. The molecule has 0 aromatic heterocycles. The highest BCUT2D eigenvalue weighted by molar-refractivity contribution is 5.69. The van der Waals surface area contributed by atoms with Gasteiger partial charge in [0.05, 0.1) is 6.54 Å². The third-order valence-electron chi connectivity index (χ3n) is 3.12. The van der Waals surface area contributed by atoms with Gasteiger partial charge >= 0.3 is 5.97 Å². The first-order valence-electron chi connectivity index (χ1n) is 7.55. The van der Waals surface area contributed by atoms with Crippen LogP contribution in [0.2, 0.25) is 0 Å². The summed E-state index contributed by atoms with van der Waals surface area (Å²) in [5.74, 6) is -0.788. The lowest BCUT2D eigenvalue weighted by atomic mass is 10.1. The Morgan fingerprint density at radius 3 is 2.42 bits per heavy atom. The Morgan fingerprint density at radius 1 is 1.11 bits per heavy atom. The summed E-state index contributed by atoms with van der Waals surface area (Å²) >= 11 is 0. The van der Waals surface area contributed by atoms with Crippen molar-refractivity contribution in [3.63, 3.8) is 0 Å². The quantitative estimate of drug-likeness (QED) is 0.416. The zero-order valence-corrected chi connectivity index (χ0v) is 12.4. The van der Waals surface area contributed by atoms with Crippen LogP contribution in [0, 0.1) is 0 Å². The molecule has 0 aromatic carbocycles. The largest absolute Gasteiger partial charge is 0.480 e. The average molecular weight is 273 g/mol. The monoisotopic (exact) mass is 273 g/mol. The van der Waals surface area contributed by atoms with E-state index in [0.717, 1.165) is 19.6 Å². The van der Waals surface area contributed by atoms with Gasteiger partial charge in [0, 0.05) is 26.2 Å². The van der Waals surface area contributed by atoms with E-state index in [-0.39, 0.29) is 6.54 Å². The third-order valence-corrected chi connectivity index (χ3v) is 3.12. The summed E-state index contributed by atoms with van der Waals surface area (Å²) in [6.07, 6.45) is 7.80. The number of hydrogen-bond donors (Lipinski definition) is 3. The molecule has 0 aliphatic heterocycles. The van der Waals surface area contributed by atoms with Gasteiger partial charge in [-0.3, -0.25) is 9.69 Å². The van der Waals surface area contributed by atoms with E-state index >= 15 is 0 Å². The smallest absolute Gasteiger partial charge is 0.317 e. The molecule has 0 unspecified atom stereocenters. The molecule has 0 amide bonds. The fourth-order valence-corrected chi connectivity index (χ4v) is 2.04. The highest BCUT2D eigenvalue weighted by atomic mass is 16.4. The minimum absolute atomic E-state index is 0.0793. The van der Waals surface area contributed by atoms with Crippen molar-refractivity contribution in [1.82, 2.24) is 10.2 Å². The number of rotatable bonds is 14. The van der Waals surface area contributed by atoms with Crippen LogP contribution < -0.4 is 11.1 Å². The van der Waals surface area contributed by atoms with Gasteiger partial charge in [0.15, 0.2) is 0 Å². The summed E-state index contributed by atoms with van der Waals surface area (Å²) in [7, 11) is 0. The van der Waals surface area contributed by atoms with E-state index in [1.54, 1.807) is 0 Å².